The third kappa shape index (κ3) is 4.00. The second-order valence-corrected chi connectivity index (χ2v) is 7.97. The molecule has 9 heteroatoms. The lowest BCUT2D eigenvalue weighted by Gasteiger charge is -2.09. The van der Waals surface area contributed by atoms with Gasteiger partial charge in [-0.1, -0.05) is 0 Å². The van der Waals surface area contributed by atoms with E-state index in [-0.39, 0.29) is 16.7 Å². The molecular weight excluding hydrogens is 381 g/mol. The number of sulfonamides is 1. The zero-order valence-corrected chi connectivity index (χ0v) is 14.3. The molecule has 5 nitrogen and oxygen atoms in total. The molecule has 0 amide bonds. The van der Waals surface area contributed by atoms with Crippen LogP contribution in [0.25, 0.3) is 0 Å². The molecule has 0 saturated heterocycles. The largest absolute Gasteiger partial charge is 0.399 e. The number of hydrogen-bond donors (Lipinski definition) is 2. The van der Waals surface area contributed by atoms with Crippen LogP contribution in [0.4, 0.5) is 10.1 Å². The van der Waals surface area contributed by atoms with Crippen molar-refractivity contribution in [2.24, 2.45) is 0 Å². The summed E-state index contributed by atoms with van der Waals surface area (Å²) < 4.78 is 40.5. The summed E-state index contributed by atoms with van der Waals surface area (Å²) in [6.07, 6.45) is 0.439. The monoisotopic (exact) mass is 393 g/mol. The van der Waals surface area contributed by atoms with Gasteiger partial charge in [0.15, 0.2) is 5.82 Å². The molecule has 0 aliphatic heterocycles. The van der Waals surface area contributed by atoms with Crippen LogP contribution in [0.3, 0.4) is 0 Å². The van der Waals surface area contributed by atoms with E-state index in [1.165, 1.54) is 17.4 Å². The predicted molar refractivity (Wildman–Crippen MR) is 84.3 cm³/mol. The van der Waals surface area contributed by atoms with Crippen molar-refractivity contribution >= 4 is 43.0 Å². The Hall–Kier alpha value is -1.03. The minimum atomic E-state index is -3.96. The first kappa shape index (κ1) is 16.3. The topological polar surface area (TPSA) is 85.1 Å². The first-order valence-corrected chi connectivity index (χ1v) is 9.10. The van der Waals surface area contributed by atoms with Gasteiger partial charge in [-0.15, -0.1) is 11.3 Å². The van der Waals surface area contributed by atoms with Crippen molar-refractivity contribution in [3.05, 3.63) is 38.5 Å². The Morgan fingerprint density at radius 2 is 2.19 bits per heavy atom. The van der Waals surface area contributed by atoms with Crippen LogP contribution in [-0.2, 0) is 16.4 Å². The van der Waals surface area contributed by atoms with Crippen molar-refractivity contribution in [3.8, 4) is 0 Å². The summed E-state index contributed by atoms with van der Waals surface area (Å²) in [5.74, 6) is -0.860. The van der Waals surface area contributed by atoms with Crippen LogP contribution in [0.2, 0.25) is 0 Å². The molecule has 21 heavy (non-hydrogen) atoms. The number of thiazole rings is 1. The van der Waals surface area contributed by atoms with Crippen molar-refractivity contribution in [3.63, 3.8) is 0 Å². The molecule has 0 radical (unpaired) electrons. The van der Waals surface area contributed by atoms with E-state index in [4.69, 9.17) is 5.73 Å². The van der Waals surface area contributed by atoms with Crippen LogP contribution in [-0.4, -0.2) is 19.9 Å². The highest BCUT2D eigenvalue weighted by atomic mass is 79.9. The van der Waals surface area contributed by atoms with Gasteiger partial charge in [0.05, 0.1) is 15.2 Å². The van der Waals surface area contributed by atoms with Crippen LogP contribution in [0.15, 0.2) is 26.9 Å². The van der Waals surface area contributed by atoms with Crippen LogP contribution in [0.1, 0.15) is 10.7 Å². The molecule has 0 fully saturated rings. The zero-order valence-electron chi connectivity index (χ0n) is 11.1. The second kappa shape index (κ2) is 6.39. The number of rotatable bonds is 5. The van der Waals surface area contributed by atoms with Gasteiger partial charge in [-0.05, 0) is 35.0 Å². The van der Waals surface area contributed by atoms with Gasteiger partial charge in [0.25, 0.3) is 0 Å². The maximum Gasteiger partial charge on any atom is 0.243 e. The summed E-state index contributed by atoms with van der Waals surface area (Å²) in [6.45, 7) is 2.01. The Morgan fingerprint density at radius 1 is 1.48 bits per heavy atom. The summed E-state index contributed by atoms with van der Waals surface area (Å²) >= 11 is 4.44. The van der Waals surface area contributed by atoms with Crippen molar-refractivity contribution in [1.82, 2.24) is 9.71 Å². The molecule has 114 valence electrons. The predicted octanol–water partition coefficient (Wildman–Crippen LogP) is 2.46. The van der Waals surface area contributed by atoms with Gasteiger partial charge in [0.1, 0.15) is 4.90 Å². The number of nitrogens with one attached hydrogen (secondary N) is 1. The normalized spacial score (nSPS) is 11.8. The van der Waals surface area contributed by atoms with Crippen LogP contribution in [0.5, 0.6) is 0 Å². The van der Waals surface area contributed by atoms with Crippen molar-refractivity contribution in [1.29, 1.82) is 0 Å². The summed E-state index contributed by atoms with van der Waals surface area (Å²) in [5, 5.41) is 2.78. The summed E-state index contributed by atoms with van der Waals surface area (Å²) in [5.41, 5.74) is 6.52. The van der Waals surface area contributed by atoms with E-state index in [2.05, 4.69) is 25.6 Å². The molecule has 0 saturated carbocycles. The van der Waals surface area contributed by atoms with Crippen molar-refractivity contribution < 1.29 is 12.8 Å². The van der Waals surface area contributed by atoms with Gasteiger partial charge in [0.2, 0.25) is 10.0 Å². The molecule has 0 aliphatic rings. The van der Waals surface area contributed by atoms with Crippen LogP contribution < -0.4 is 10.5 Å². The van der Waals surface area contributed by atoms with E-state index in [1.807, 2.05) is 12.3 Å². The van der Waals surface area contributed by atoms with Gasteiger partial charge in [-0.25, -0.2) is 22.5 Å². The summed E-state index contributed by atoms with van der Waals surface area (Å²) in [6, 6.07) is 2.40. The second-order valence-electron chi connectivity index (χ2n) is 4.32. The Labute approximate surface area is 134 Å². The van der Waals surface area contributed by atoms with Gasteiger partial charge < -0.3 is 5.73 Å². The standard InChI is InChI=1S/C12H13BrFN3O2S2/c1-7-17-9(6-20-7)2-3-16-21(18,19)11-5-8(15)4-10(13)12(11)14/h4-6,16H,2-3,15H2,1H3. The Morgan fingerprint density at radius 3 is 2.81 bits per heavy atom. The molecule has 2 rings (SSSR count). The van der Waals surface area contributed by atoms with E-state index in [9.17, 15) is 12.8 Å². The zero-order chi connectivity index (χ0) is 15.6. The molecule has 3 N–H and O–H groups in total. The lowest BCUT2D eigenvalue weighted by atomic mass is 10.3. The van der Waals surface area contributed by atoms with Gasteiger partial charge >= 0.3 is 0 Å². The molecule has 0 aliphatic carbocycles. The minimum Gasteiger partial charge on any atom is -0.399 e. The van der Waals surface area contributed by atoms with E-state index in [1.54, 1.807) is 0 Å². The fraction of sp³-hybridized carbons (Fsp3) is 0.250. The molecule has 1 aromatic heterocycles. The quantitative estimate of drug-likeness (QED) is 0.763. The van der Waals surface area contributed by atoms with E-state index in [0.717, 1.165) is 16.8 Å². The van der Waals surface area contributed by atoms with E-state index >= 15 is 0 Å². The Bertz CT molecular complexity index is 762. The Kier molecular flexibility index (Phi) is 4.97. The summed E-state index contributed by atoms with van der Waals surface area (Å²) in [7, 11) is -3.96. The lowest BCUT2D eigenvalue weighted by molar-refractivity contribution is 0.554. The summed E-state index contributed by atoms with van der Waals surface area (Å²) in [4.78, 5) is 3.76. The minimum absolute atomic E-state index is 0.0120. The first-order valence-electron chi connectivity index (χ1n) is 5.95. The number of nitrogens with two attached hydrogens (primary N) is 1. The fourth-order valence-corrected chi connectivity index (χ4v) is 4.11. The SMILES string of the molecule is Cc1nc(CCNS(=O)(=O)c2cc(N)cc(Br)c2F)cs1. The number of anilines is 1. The highest BCUT2D eigenvalue weighted by Gasteiger charge is 2.21. The molecule has 0 atom stereocenters. The number of aryl methyl sites for hydroxylation is 1. The average molecular weight is 394 g/mol. The molecule has 0 bridgehead atoms. The number of benzene rings is 1. The van der Waals surface area contributed by atoms with E-state index < -0.39 is 20.7 Å². The average Bonchev–Trinajstić information content (AvgIpc) is 2.79. The molecule has 1 aromatic carbocycles. The molecule has 2 aromatic rings. The number of nitrogens with zero attached hydrogens (tertiary/aromatic N) is 1. The first-order chi connectivity index (χ1) is 9.79. The third-order valence-corrected chi connectivity index (χ3v) is 5.51. The molecule has 0 spiro atoms. The molecular formula is C12H13BrFN3O2S2. The van der Waals surface area contributed by atoms with Gasteiger partial charge in [-0.3, -0.25) is 0 Å². The van der Waals surface area contributed by atoms with Crippen LogP contribution in [0, 0.1) is 12.7 Å². The third-order valence-electron chi connectivity index (χ3n) is 2.65. The van der Waals surface area contributed by atoms with Crippen molar-refractivity contribution in [2.75, 3.05) is 12.3 Å². The highest BCUT2D eigenvalue weighted by molar-refractivity contribution is 9.10. The van der Waals surface area contributed by atoms with Gasteiger partial charge in [0, 0.05) is 24.0 Å². The van der Waals surface area contributed by atoms with E-state index in [0.29, 0.717) is 6.42 Å². The maximum atomic E-state index is 13.9. The van der Waals surface area contributed by atoms with Crippen LogP contribution >= 0.6 is 27.3 Å². The smallest absolute Gasteiger partial charge is 0.243 e. The number of nitrogen functional groups attached to an aromatic ring is 1. The number of aromatic nitrogens is 1. The number of halogens is 2. The highest BCUT2D eigenvalue weighted by Crippen LogP contribution is 2.25. The molecule has 1 heterocycles. The maximum absolute atomic E-state index is 13.9. The molecule has 0 unspecified atom stereocenters. The van der Waals surface area contributed by atoms with Gasteiger partial charge in [-0.2, -0.15) is 0 Å². The lowest BCUT2D eigenvalue weighted by Crippen LogP contribution is -2.27. The number of hydrogen-bond acceptors (Lipinski definition) is 5. The van der Waals surface area contributed by atoms with Crippen molar-refractivity contribution in [2.45, 2.75) is 18.2 Å². The Balaban J connectivity index is 2.12. The fourth-order valence-electron chi connectivity index (χ4n) is 1.69.